The third-order valence-corrected chi connectivity index (χ3v) is 7.22. The molecule has 186 valence electrons. The molecule has 35 heavy (non-hydrogen) atoms. The molecule has 1 fully saturated rings. The minimum atomic E-state index is -1.40. The van der Waals surface area contributed by atoms with Crippen molar-refractivity contribution in [2.45, 2.75) is 51.1 Å². The Morgan fingerprint density at radius 2 is 1.71 bits per heavy atom. The Bertz CT molecular complexity index is 1090. The monoisotopic (exact) mass is 480 g/mol. The lowest BCUT2D eigenvalue weighted by atomic mass is 9.82. The summed E-state index contributed by atoms with van der Waals surface area (Å²) >= 11 is 0. The van der Waals surface area contributed by atoms with Crippen molar-refractivity contribution in [2.75, 3.05) is 19.8 Å². The zero-order valence-corrected chi connectivity index (χ0v) is 20.3. The number of benzene rings is 2. The van der Waals surface area contributed by atoms with Crippen LogP contribution >= 0.6 is 0 Å². The van der Waals surface area contributed by atoms with E-state index in [0.717, 1.165) is 22.3 Å². The number of rotatable bonds is 8. The number of hydrogen-bond donors (Lipinski definition) is 3. The van der Waals surface area contributed by atoms with Crippen molar-refractivity contribution >= 4 is 18.0 Å². The Hall–Kier alpha value is -3.39. The second-order valence-corrected chi connectivity index (χ2v) is 9.80. The van der Waals surface area contributed by atoms with E-state index in [1.54, 1.807) is 6.92 Å². The van der Waals surface area contributed by atoms with Gasteiger partial charge in [0.1, 0.15) is 12.1 Å². The molecule has 2 amide bonds. The van der Waals surface area contributed by atoms with Crippen molar-refractivity contribution in [1.29, 1.82) is 0 Å². The Morgan fingerprint density at radius 3 is 2.29 bits per heavy atom. The van der Waals surface area contributed by atoms with Gasteiger partial charge < -0.3 is 25.2 Å². The number of alkyl carbamates (subject to hydrolysis) is 1. The summed E-state index contributed by atoms with van der Waals surface area (Å²) in [7, 11) is 0. The highest BCUT2D eigenvalue weighted by Gasteiger charge is 2.50. The SMILES string of the molecule is CCCC(C)(NC(=O)C1(C)COCC1NC(=O)OCC1c2ccccc2-c2ccccc21)C(=O)O. The second-order valence-electron chi connectivity index (χ2n) is 9.80. The highest BCUT2D eigenvalue weighted by atomic mass is 16.5. The van der Waals surface area contributed by atoms with Crippen LogP contribution in [0.2, 0.25) is 0 Å². The number of nitrogens with one attached hydrogen (secondary N) is 2. The molecule has 1 heterocycles. The van der Waals surface area contributed by atoms with Gasteiger partial charge in [0.05, 0.1) is 24.7 Å². The topological polar surface area (TPSA) is 114 Å². The van der Waals surface area contributed by atoms with Crippen LogP contribution in [0.5, 0.6) is 0 Å². The molecule has 2 aliphatic rings. The van der Waals surface area contributed by atoms with Gasteiger partial charge in [0.25, 0.3) is 0 Å². The molecule has 8 heteroatoms. The number of fused-ring (bicyclic) bond motifs is 3. The first-order valence-electron chi connectivity index (χ1n) is 11.9. The van der Waals surface area contributed by atoms with Crippen molar-refractivity contribution in [1.82, 2.24) is 10.6 Å². The number of carbonyl (C=O) groups is 3. The van der Waals surface area contributed by atoms with Crippen LogP contribution in [0.4, 0.5) is 4.79 Å². The Kier molecular flexibility index (Phi) is 6.85. The molecule has 2 aromatic rings. The first kappa shape index (κ1) is 24.7. The zero-order valence-electron chi connectivity index (χ0n) is 20.3. The Morgan fingerprint density at radius 1 is 1.11 bits per heavy atom. The van der Waals surface area contributed by atoms with Crippen LogP contribution in [0.25, 0.3) is 11.1 Å². The third kappa shape index (κ3) is 4.62. The number of carboxylic acid groups (broad SMARTS) is 1. The number of aliphatic carboxylic acids is 1. The maximum Gasteiger partial charge on any atom is 0.407 e. The number of carbonyl (C=O) groups excluding carboxylic acids is 2. The van der Waals surface area contributed by atoms with Crippen LogP contribution in [-0.2, 0) is 19.1 Å². The van der Waals surface area contributed by atoms with Crippen molar-refractivity contribution in [3.63, 3.8) is 0 Å². The van der Waals surface area contributed by atoms with Gasteiger partial charge in [-0.05, 0) is 42.5 Å². The summed E-state index contributed by atoms with van der Waals surface area (Å²) in [6.07, 6.45) is 0.240. The van der Waals surface area contributed by atoms with Crippen molar-refractivity contribution in [3.8, 4) is 11.1 Å². The average molecular weight is 481 g/mol. The fourth-order valence-corrected chi connectivity index (χ4v) is 5.00. The van der Waals surface area contributed by atoms with E-state index in [4.69, 9.17) is 9.47 Å². The smallest absolute Gasteiger partial charge is 0.407 e. The molecule has 1 aliphatic heterocycles. The van der Waals surface area contributed by atoms with Crippen LogP contribution in [0.15, 0.2) is 48.5 Å². The van der Waals surface area contributed by atoms with Gasteiger partial charge in [0.15, 0.2) is 0 Å². The third-order valence-electron chi connectivity index (χ3n) is 7.22. The van der Waals surface area contributed by atoms with Gasteiger partial charge in [-0.1, -0.05) is 61.9 Å². The molecule has 4 rings (SSSR count). The van der Waals surface area contributed by atoms with E-state index >= 15 is 0 Å². The van der Waals surface area contributed by atoms with Crippen LogP contribution < -0.4 is 10.6 Å². The maximum atomic E-state index is 13.1. The molecule has 0 aromatic heterocycles. The van der Waals surface area contributed by atoms with Crippen molar-refractivity contribution < 1.29 is 29.0 Å². The van der Waals surface area contributed by atoms with Gasteiger partial charge in [0, 0.05) is 5.92 Å². The molecule has 3 atom stereocenters. The Labute approximate surface area is 205 Å². The van der Waals surface area contributed by atoms with Crippen LogP contribution in [0.1, 0.15) is 50.7 Å². The molecular formula is C27H32N2O6. The predicted molar refractivity (Wildman–Crippen MR) is 130 cm³/mol. The summed E-state index contributed by atoms with van der Waals surface area (Å²) in [5.41, 5.74) is 1.97. The van der Waals surface area contributed by atoms with Crippen molar-refractivity contribution in [2.24, 2.45) is 5.41 Å². The van der Waals surface area contributed by atoms with E-state index in [0.29, 0.717) is 6.42 Å². The lowest BCUT2D eigenvalue weighted by Gasteiger charge is -2.33. The quantitative estimate of drug-likeness (QED) is 0.531. The molecule has 1 saturated heterocycles. The molecule has 3 N–H and O–H groups in total. The lowest BCUT2D eigenvalue weighted by molar-refractivity contribution is -0.149. The molecule has 0 spiro atoms. The molecule has 0 bridgehead atoms. The van der Waals surface area contributed by atoms with Gasteiger partial charge in [-0.25, -0.2) is 9.59 Å². The summed E-state index contributed by atoms with van der Waals surface area (Å²) in [6.45, 7) is 5.36. The summed E-state index contributed by atoms with van der Waals surface area (Å²) < 4.78 is 11.1. The number of carboxylic acids is 1. The Balaban J connectivity index is 1.42. The van der Waals surface area contributed by atoms with Gasteiger partial charge in [-0.2, -0.15) is 0 Å². The molecule has 0 radical (unpaired) electrons. The van der Waals surface area contributed by atoms with E-state index < -0.39 is 35.0 Å². The van der Waals surface area contributed by atoms with E-state index in [9.17, 15) is 19.5 Å². The van der Waals surface area contributed by atoms with Gasteiger partial charge in [-0.15, -0.1) is 0 Å². The molecule has 1 aliphatic carbocycles. The lowest BCUT2D eigenvalue weighted by Crippen LogP contribution is -2.60. The van der Waals surface area contributed by atoms with E-state index in [1.807, 2.05) is 43.3 Å². The molecule has 2 aromatic carbocycles. The summed E-state index contributed by atoms with van der Waals surface area (Å²) in [6, 6.07) is 15.5. The minimum absolute atomic E-state index is 0.0645. The second kappa shape index (κ2) is 9.70. The normalized spacial score (nSPS) is 22.5. The zero-order chi connectivity index (χ0) is 25.2. The number of ether oxygens (including phenoxy) is 2. The standard InChI is InChI=1S/C27H32N2O6/c1-4-13-27(3,24(31)32)29-23(30)26(2)16-34-15-22(26)28-25(33)35-14-21-19-11-7-5-9-17(19)18-10-6-8-12-20(18)21/h5-12,21-22H,4,13-16H2,1-3H3,(H,28,33)(H,29,30)(H,31,32). The highest BCUT2D eigenvalue weighted by Crippen LogP contribution is 2.44. The van der Waals surface area contributed by atoms with Gasteiger partial charge >= 0.3 is 12.1 Å². The van der Waals surface area contributed by atoms with E-state index in [-0.39, 0.29) is 32.2 Å². The number of hydrogen-bond acceptors (Lipinski definition) is 5. The predicted octanol–water partition coefficient (Wildman–Crippen LogP) is 3.69. The first-order chi connectivity index (χ1) is 16.7. The van der Waals surface area contributed by atoms with Gasteiger partial charge in [-0.3, -0.25) is 4.79 Å². The molecule has 0 saturated carbocycles. The van der Waals surface area contributed by atoms with Crippen LogP contribution in [-0.4, -0.2) is 54.5 Å². The summed E-state index contributed by atoms with van der Waals surface area (Å²) in [5.74, 6) is -1.65. The van der Waals surface area contributed by atoms with E-state index in [1.165, 1.54) is 6.92 Å². The van der Waals surface area contributed by atoms with E-state index in [2.05, 4.69) is 22.8 Å². The largest absolute Gasteiger partial charge is 0.480 e. The maximum absolute atomic E-state index is 13.1. The highest BCUT2D eigenvalue weighted by molar-refractivity contribution is 5.90. The first-order valence-corrected chi connectivity index (χ1v) is 11.9. The molecular weight excluding hydrogens is 448 g/mol. The molecule has 3 unspecified atom stereocenters. The van der Waals surface area contributed by atoms with Gasteiger partial charge in [0.2, 0.25) is 5.91 Å². The fraction of sp³-hybridized carbons (Fsp3) is 0.444. The fourth-order valence-electron chi connectivity index (χ4n) is 5.00. The van der Waals surface area contributed by atoms with Crippen molar-refractivity contribution in [3.05, 3.63) is 59.7 Å². The van der Waals surface area contributed by atoms with Crippen LogP contribution in [0, 0.1) is 5.41 Å². The summed E-state index contributed by atoms with van der Waals surface area (Å²) in [5, 5.41) is 15.1. The number of amides is 2. The molecule has 8 nitrogen and oxygen atoms in total. The van der Waals surface area contributed by atoms with Crippen LogP contribution in [0.3, 0.4) is 0 Å². The minimum Gasteiger partial charge on any atom is -0.480 e. The average Bonchev–Trinajstić information content (AvgIpc) is 3.36. The summed E-state index contributed by atoms with van der Waals surface area (Å²) in [4.78, 5) is 37.7.